The van der Waals surface area contributed by atoms with E-state index in [1.54, 1.807) is 0 Å². The van der Waals surface area contributed by atoms with Crippen molar-refractivity contribution >= 4 is 46.1 Å². The fourth-order valence-corrected chi connectivity index (χ4v) is 4.38. The molecule has 0 amide bonds. The SMILES string of the molecule is CC(=NC(=N)c1cccc2oc3cc(C)c(B4OC(C)(C)C(C)(C)O4)cc3c12)c1ccccc1. The van der Waals surface area contributed by atoms with Crippen molar-refractivity contribution in [3.05, 3.63) is 77.4 Å². The van der Waals surface area contributed by atoms with Crippen molar-refractivity contribution in [2.24, 2.45) is 4.99 Å². The van der Waals surface area contributed by atoms with Gasteiger partial charge in [-0.25, -0.2) is 4.99 Å². The zero-order valence-corrected chi connectivity index (χ0v) is 20.5. The average molecular weight is 452 g/mol. The molecule has 1 aliphatic heterocycles. The number of hydrogen-bond acceptors (Lipinski definition) is 4. The standard InChI is InChI=1S/C28H29BN2O3/c1-17-15-24-21(16-22(17)29-33-27(3,4)28(5,6)34-29)25-20(13-10-14-23(25)32-24)26(30)31-18(2)19-11-8-7-9-12-19/h7-16,30H,1-6H3. The highest BCUT2D eigenvalue weighted by molar-refractivity contribution is 6.63. The first-order valence-corrected chi connectivity index (χ1v) is 11.6. The molecule has 3 aromatic carbocycles. The molecule has 0 saturated carbocycles. The summed E-state index contributed by atoms with van der Waals surface area (Å²) in [7, 11) is -0.468. The van der Waals surface area contributed by atoms with Gasteiger partial charge in [-0.2, -0.15) is 0 Å². The van der Waals surface area contributed by atoms with Gasteiger partial charge in [0.15, 0.2) is 5.84 Å². The Morgan fingerprint density at radius 1 is 0.882 bits per heavy atom. The molecule has 1 N–H and O–H groups in total. The van der Waals surface area contributed by atoms with Gasteiger partial charge in [0.05, 0.1) is 11.2 Å². The third-order valence-electron chi connectivity index (χ3n) is 7.12. The Balaban J connectivity index is 1.63. The van der Waals surface area contributed by atoms with Gasteiger partial charge in [0.1, 0.15) is 11.2 Å². The van der Waals surface area contributed by atoms with Crippen molar-refractivity contribution in [1.82, 2.24) is 0 Å². The molecule has 0 aliphatic carbocycles. The van der Waals surface area contributed by atoms with Gasteiger partial charge >= 0.3 is 7.12 Å². The van der Waals surface area contributed by atoms with Crippen LogP contribution in [0, 0.1) is 12.3 Å². The van der Waals surface area contributed by atoms with Crippen molar-refractivity contribution in [2.75, 3.05) is 0 Å². The molecule has 1 saturated heterocycles. The number of aryl methyl sites for hydroxylation is 1. The second-order valence-corrected chi connectivity index (χ2v) is 9.99. The first-order chi connectivity index (χ1) is 16.1. The Hall–Kier alpha value is -3.22. The van der Waals surface area contributed by atoms with Crippen molar-refractivity contribution in [3.8, 4) is 0 Å². The van der Waals surface area contributed by atoms with Gasteiger partial charge in [-0.1, -0.05) is 48.5 Å². The van der Waals surface area contributed by atoms with Crippen LogP contribution in [0.2, 0.25) is 0 Å². The van der Waals surface area contributed by atoms with Crippen LogP contribution in [0.25, 0.3) is 21.9 Å². The quantitative estimate of drug-likeness (QED) is 0.235. The minimum Gasteiger partial charge on any atom is -0.456 e. The largest absolute Gasteiger partial charge is 0.495 e. The number of benzene rings is 3. The molecule has 2 heterocycles. The maximum absolute atomic E-state index is 8.79. The molecule has 172 valence electrons. The molecule has 4 aromatic rings. The molecular formula is C28H29BN2O3. The molecule has 0 radical (unpaired) electrons. The van der Waals surface area contributed by atoms with Gasteiger partial charge in [-0.15, -0.1) is 0 Å². The number of hydrogen-bond donors (Lipinski definition) is 1. The zero-order chi connectivity index (χ0) is 24.3. The Morgan fingerprint density at radius 3 is 2.24 bits per heavy atom. The molecule has 1 aromatic heterocycles. The van der Waals surface area contributed by atoms with Crippen molar-refractivity contribution < 1.29 is 13.7 Å². The summed E-state index contributed by atoms with van der Waals surface area (Å²) in [6, 6.07) is 19.8. The van der Waals surface area contributed by atoms with Crippen LogP contribution in [0.1, 0.15) is 51.3 Å². The number of rotatable bonds is 3. The average Bonchev–Trinajstić information content (AvgIpc) is 3.25. The molecule has 0 bridgehead atoms. The predicted octanol–water partition coefficient (Wildman–Crippen LogP) is 6.03. The van der Waals surface area contributed by atoms with E-state index in [2.05, 4.69) is 38.8 Å². The van der Waals surface area contributed by atoms with Gasteiger partial charge in [-0.05, 0) is 70.3 Å². The Bertz CT molecular complexity index is 1440. The summed E-state index contributed by atoms with van der Waals surface area (Å²) in [5.74, 6) is 0.201. The summed E-state index contributed by atoms with van der Waals surface area (Å²) in [6.45, 7) is 12.2. The summed E-state index contributed by atoms with van der Waals surface area (Å²) in [4.78, 5) is 4.62. The fraction of sp³-hybridized carbons (Fsp3) is 0.286. The van der Waals surface area contributed by atoms with Crippen LogP contribution in [0.15, 0.2) is 70.1 Å². The van der Waals surface area contributed by atoms with Crippen LogP contribution in [0.4, 0.5) is 0 Å². The number of nitrogens with zero attached hydrogens (tertiary/aromatic N) is 1. The summed E-state index contributed by atoms with van der Waals surface area (Å²) < 4.78 is 18.8. The molecule has 6 heteroatoms. The maximum atomic E-state index is 8.79. The molecular weight excluding hydrogens is 423 g/mol. The van der Waals surface area contributed by atoms with E-state index in [9.17, 15) is 0 Å². The van der Waals surface area contributed by atoms with E-state index in [4.69, 9.17) is 19.1 Å². The van der Waals surface area contributed by atoms with E-state index < -0.39 is 18.3 Å². The van der Waals surface area contributed by atoms with Crippen molar-refractivity contribution in [3.63, 3.8) is 0 Å². The van der Waals surface area contributed by atoms with E-state index in [-0.39, 0.29) is 5.84 Å². The lowest BCUT2D eigenvalue weighted by Gasteiger charge is -2.32. The van der Waals surface area contributed by atoms with Gasteiger partial charge in [0.25, 0.3) is 0 Å². The van der Waals surface area contributed by atoms with E-state index in [0.717, 1.165) is 49.8 Å². The molecule has 1 fully saturated rings. The number of amidine groups is 1. The third kappa shape index (κ3) is 3.67. The normalized spacial score (nSPS) is 17.6. The van der Waals surface area contributed by atoms with E-state index in [0.29, 0.717) is 0 Å². The van der Waals surface area contributed by atoms with Crippen LogP contribution in [0.5, 0.6) is 0 Å². The van der Waals surface area contributed by atoms with Crippen molar-refractivity contribution in [1.29, 1.82) is 5.41 Å². The first kappa shape index (κ1) is 22.6. The van der Waals surface area contributed by atoms with Crippen molar-refractivity contribution in [2.45, 2.75) is 52.7 Å². The van der Waals surface area contributed by atoms with Crippen LogP contribution in [-0.4, -0.2) is 29.9 Å². The predicted molar refractivity (Wildman–Crippen MR) is 140 cm³/mol. The monoisotopic (exact) mass is 452 g/mol. The number of nitrogens with one attached hydrogen (secondary N) is 1. The Morgan fingerprint density at radius 2 is 1.56 bits per heavy atom. The lowest BCUT2D eigenvalue weighted by Crippen LogP contribution is -2.41. The first-order valence-electron chi connectivity index (χ1n) is 11.6. The minimum atomic E-state index is -0.468. The fourth-order valence-electron chi connectivity index (χ4n) is 4.38. The van der Waals surface area contributed by atoms with Gasteiger partial charge in [-0.3, -0.25) is 5.41 Å². The van der Waals surface area contributed by atoms with E-state index in [1.165, 1.54) is 0 Å². The molecule has 0 spiro atoms. The summed E-state index contributed by atoms with van der Waals surface area (Å²) >= 11 is 0. The lowest BCUT2D eigenvalue weighted by atomic mass is 9.75. The summed E-state index contributed by atoms with van der Waals surface area (Å²) in [5.41, 5.74) is 5.20. The highest BCUT2D eigenvalue weighted by Crippen LogP contribution is 2.38. The summed E-state index contributed by atoms with van der Waals surface area (Å²) in [6.07, 6.45) is 0. The topological polar surface area (TPSA) is 67.8 Å². The maximum Gasteiger partial charge on any atom is 0.495 e. The lowest BCUT2D eigenvalue weighted by molar-refractivity contribution is 0.00578. The Kier molecular flexibility index (Phi) is 5.26. The van der Waals surface area contributed by atoms with Crippen LogP contribution in [-0.2, 0) is 9.31 Å². The van der Waals surface area contributed by atoms with Crippen LogP contribution in [0.3, 0.4) is 0 Å². The smallest absolute Gasteiger partial charge is 0.456 e. The Labute approximate surface area is 200 Å². The van der Waals surface area contributed by atoms with Crippen LogP contribution >= 0.6 is 0 Å². The molecule has 5 nitrogen and oxygen atoms in total. The minimum absolute atomic E-state index is 0.201. The molecule has 0 unspecified atom stereocenters. The number of aliphatic imine (C=N–C) groups is 1. The number of fused-ring (bicyclic) bond motifs is 3. The number of furan rings is 1. The van der Waals surface area contributed by atoms with Gasteiger partial charge in [0, 0.05) is 22.0 Å². The molecule has 5 rings (SSSR count). The van der Waals surface area contributed by atoms with E-state index >= 15 is 0 Å². The zero-order valence-electron chi connectivity index (χ0n) is 20.5. The highest BCUT2D eigenvalue weighted by Gasteiger charge is 2.52. The van der Waals surface area contributed by atoms with Crippen LogP contribution < -0.4 is 5.46 Å². The second kappa shape index (κ2) is 7.93. The molecule has 0 atom stereocenters. The van der Waals surface area contributed by atoms with Gasteiger partial charge < -0.3 is 13.7 Å². The van der Waals surface area contributed by atoms with Gasteiger partial charge in [0.2, 0.25) is 0 Å². The third-order valence-corrected chi connectivity index (χ3v) is 7.12. The molecule has 34 heavy (non-hydrogen) atoms. The van der Waals surface area contributed by atoms with E-state index in [1.807, 2.05) is 68.4 Å². The highest BCUT2D eigenvalue weighted by atomic mass is 16.7. The summed E-state index contributed by atoms with van der Waals surface area (Å²) in [5, 5.41) is 10.6. The second-order valence-electron chi connectivity index (χ2n) is 9.99. The molecule has 1 aliphatic rings.